The summed E-state index contributed by atoms with van der Waals surface area (Å²) in [5.74, 6) is 4.05. The van der Waals surface area contributed by atoms with E-state index in [2.05, 4.69) is 49.6 Å². The molecule has 0 spiro atoms. The molecule has 0 amide bonds. The van der Waals surface area contributed by atoms with Crippen LogP contribution >= 0.6 is 0 Å². The summed E-state index contributed by atoms with van der Waals surface area (Å²) in [7, 11) is 4.62. The minimum atomic E-state index is 0.928. The third kappa shape index (κ3) is 5.44. The smallest absolute Gasteiger partial charge is 0.00982 e. The molecule has 7 fully saturated rings. The van der Waals surface area contributed by atoms with Crippen LogP contribution in [-0.4, -0.2) is 72.6 Å². The second-order valence-corrected chi connectivity index (χ2v) is 12.2. The number of piperidine rings is 6. The monoisotopic (exact) mass is 417 g/mol. The van der Waals surface area contributed by atoms with Gasteiger partial charge in [-0.05, 0) is 115 Å². The van der Waals surface area contributed by atoms with E-state index in [0.29, 0.717) is 0 Å². The van der Waals surface area contributed by atoms with Gasteiger partial charge in [0.1, 0.15) is 0 Å². The van der Waals surface area contributed by atoms with Crippen molar-refractivity contribution in [3.63, 3.8) is 0 Å². The van der Waals surface area contributed by atoms with Gasteiger partial charge in [-0.1, -0.05) is 27.2 Å². The zero-order chi connectivity index (χ0) is 21.3. The van der Waals surface area contributed by atoms with Gasteiger partial charge in [0.05, 0.1) is 0 Å². The summed E-state index contributed by atoms with van der Waals surface area (Å²) in [4.78, 5) is 7.83. The van der Waals surface area contributed by atoms with Gasteiger partial charge in [0, 0.05) is 30.7 Å². The zero-order valence-corrected chi connectivity index (χ0v) is 20.9. The fourth-order valence-electron chi connectivity index (χ4n) is 7.83. The summed E-state index contributed by atoms with van der Waals surface area (Å²) in [5.41, 5.74) is 0. The molecule has 0 N–H and O–H groups in total. The highest BCUT2D eigenvalue weighted by Crippen LogP contribution is 2.37. The van der Waals surface area contributed by atoms with E-state index in [-0.39, 0.29) is 0 Å². The van der Waals surface area contributed by atoms with Crippen molar-refractivity contribution < 1.29 is 0 Å². The normalized spacial score (nSPS) is 47.7. The Bertz CT molecular complexity index is 500. The minimum absolute atomic E-state index is 0.928. The predicted molar refractivity (Wildman–Crippen MR) is 129 cm³/mol. The number of rotatable bonds is 0. The van der Waals surface area contributed by atoms with Gasteiger partial charge in [0.15, 0.2) is 0 Å². The summed E-state index contributed by atoms with van der Waals surface area (Å²) in [6, 6.07) is 3.73. The van der Waals surface area contributed by atoms with E-state index in [9.17, 15) is 0 Å². The highest BCUT2D eigenvalue weighted by Gasteiger charge is 2.36. The van der Waals surface area contributed by atoms with Gasteiger partial charge in [-0.15, -0.1) is 0 Å². The number of hydrogen-bond donors (Lipinski definition) is 0. The first kappa shape index (κ1) is 23.1. The van der Waals surface area contributed by atoms with Gasteiger partial charge >= 0.3 is 0 Å². The highest BCUT2D eigenvalue weighted by molar-refractivity contribution is 4.92. The van der Waals surface area contributed by atoms with Crippen molar-refractivity contribution in [2.75, 3.05) is 33.7 Å². The quantitative estimate of drug-likeness (QED) is 0.515. The van der Waals surface area contributed by atoms with Gasteiger partial charge in [-0.3, -0.25) is 0 Å². The van der Waals surface area contributed by atoms with E-state index in [0.717, 1.165) is 47.8 Å². The van der Waals surface area contributed by atoms with Gasteiger partial charge in [0.25, 0.3) is 0 Å². The Morgan fingerprint density at radius 2 is 1.00 bits per heavy atom. The predicted octanol–water partition coefficient (Wildman–Crippen LogP) is 5.50. The Morgan fingerprint density at radius 3 is 1.33 bits per heavy atom. The Kier molecular flexibility index (Phi) is 7.85. The van der Waals surface area contributed by atoms with E-state index >= 15 is 0 Å². The highest BCUT2D eigenvalue weighted by atomic mass is 15.2. The Balaban J connectivity index is 0.000000109. The molecule has 0 aliphatic carbocycles. The summed E-state index contributed by atoms with van der Waals surface area (Å²) in [6.45, 7) is 11.4. The maximum absolute atomic E-state index is 2.63. The van der Waals surface area contributed by atoms with Crippen LogP contribution in [0.3, 0.4) is 0 Å². The fraction of sp³-hybridized carbons (Fsp3) is 1.00. The van der Waals surface area contributed by atoms with E-state index in [1.54, 1.807) is 0 Å². The molecule has 7 rings (SSSR count). The van der Waals surface area contributed by atoms with Crippen LogP contribution in [0.1, 0.15) is 91.4 Å². The van der Waals surface area contributed by atoms with E-state index in [1.165, 1.54) is 90.3 Å². The van der Waals surface area contributed by atoms with Crippen LogP contribution in [0.2, 0.25) is 0 Å². The first-order valence-corrected chi connectivity index (χ1v) is 13.6. The zero-order valence-electron chi connectivity index (χ0n) is 20.9. The van der Waals surface area contributed by atoms with Crippen LogP contribution in [-0.2, 0) is 0 Å². The summed E-state index contributed by atoms with van der Waals surface area (Å²) in [6.07, 6.45) is 16.1. The molecule has 7 heterocycles. The molecule has 5 atom stereocenters. The van der Waals surface area contributed by atoms with Gasteiger partial charge in [-0.2, -0.15) is 0 Å². The summed E-state index contributed by atoms with van der Waals surface area (Å²) < 4.78 is 0. The van der Waals surface area contributed by atoms with Gasteiger partial charge < -0.3 is 14.7 Å². The van der Waals surface area contributed by atoms with Gasteiger partial charge in [-0.25, -0.2) is 0 Å². The molecule has 7 saturated heterocycles. The van der Waals surface area contributed by atoms with Crippen LogP contribution in [0.5, 0.6) is 0 Å². The molecular weight excluding hydrogens is 366 g/mol. The average Bonchev–Trinajstić information content (AvgIpc) is 2.92. The van der Waals surface area contributed by atoms with Crippen molar-refractivity contribution in [1.29, 1.82) is 0 Å². The van der Waals surface area contributed by atoms with Crippen LogP contribution in [0.15, 0.2) is 0 Å². The lowest BCUT2D eigenvalue weighted by Crippen LogP contribution is -2.49. The van der Waals surface area contributed by atoms with E-state index < -0.39 is 0 Å². The third-order valence-electron chi connectivity index (χ3n) is 9.89. The minimum Gasteiger partial charge on any atom is -0.303 e. The molecule has 0 aromatic rings. The SMILES string of the molecule is CC1CC2CCC(C1)N2C.CC1CC2CCCC(C1)N2C.CC1CN2CCC1CC2. The van der Waals surface area contributed by atoms with Gasteiger partial charge in [0.2, 0.25) is 0 Å². The summed E-state index contributed by atoms with van der Waals surface area (Å²) >= 11 is 0. The Labute approximate surface area is 187 Å². The topological polar surface area (TPSA) is 9.72 Å². The fourth-order valence-corrected chi connectivity index (χ4v) is 7.83. The first-order chi connectivity index (χ1) is 14.4. The van der Waals surface area contributed by atoms with Crippen molar-refractivity contribution >= 4 is 0 Å². The molecule has 7 aliphatic heterocycles. The first-order valence-electron chi connectivity index (χ1n) is 13.6. The van der Waals surface area contributed by atoms with Crippen molar-refractivity contribution in [3.05, 3.63) is 0 Å². The maximum Gasteiger partial charge on any atom is 0.00982 e. The van der Waals surface area contributed by atoms with E-state index in [1.807, 2.05) is 0 Å². The standard InChI is InChI=1S/C10H19N.C9H17N.C8H15N/c1-8-6-9-4-3-5-10(7-8)11(9)2;1-7-5-8-3-4-9(6-7)10(8)2;1-7-6-9-4-2-8(7)3-5-9/h8-10H,3-7H2,1-2H3;7-9H,3-6H2,1-2H3;7-8H,2-6H2,1H3. The number of hydrogen-bond acceptors (Lipinski definition) is 3. The molecule has 0 aromatic heterocycles. The van der Waals surface area contributed by atoms with Crippen LogP contribution in [0.25, 0.3) is 0 Å². The molecule has 7 aliphatic rings. The number of nitrogens with zero attached hydrogens (tertiary/aromatic N) is 3. The molecule has 0 saturated carbocycles. The molecule has 0 radical (unpaired) electrons. The summed E-state index contributed by atoms with van der Waals surface area (Å²) in [5, 5.41) is 0. The molecule has 0 aromatic carbocycles. The van der Waals surface area contributed by atoms with Crippen molar-refractivity contribution in [2.45, 2.75) is 116 Å². The second-order valence-electron chi connectivity index (χ2n) is 12.2. The van der Waals surface area contributed by atoms with Crippen molar-refractivity contribution in [3.8, 4) is 0 Å². The maximum atomic E-state index is 2.63. The molecule has 3 nitrogen and oxygen atoms in total. The molecular formula is C27H51N3. The molecule has 5 unspecified atom stereocenters. The van der Waals surface area contributed by atoms with Crippen LogP contribution in [0.4, 0.5) is 0 Å². The Morgan fingerprint density at radius 1 is 0.567 bits per heavy atom. The second kappa shape index (κ2) is 10.2. The van der Waals surface area contributed by atoms with Crippen LogP contribution in [0, 0.1) is 23.7 Å². The third-order valence-corrected chi connectivity index (χ3v) is 9.89. The lowest BCUT2D eigenvalue weighted by molar-refractivity contribution is 0.0415. The lowest BCUT2D eigenvalue weighted by atomic mass is 9.80. The molecule has 3 heteroatoms. The Hall–Kier alpha value is -0.120. The van der Waals surface area contributed by atoms with Crippen LogP contribution < -0.4 is 0 Å². The molecule has 6 bridgehead atoms. The van der Waals surface area contributed by atoms with Crippen molar-refractivity contribution in [1.82, 2.24) is 14.7 Å². The molecule has 30 heavy (non-hydrogen) atoms. The average molecular weight is 418 g/mol. The molecule has 174 valence electrons. The van der Waals surface area contributed by atoms with E-state index in [4.69, 9.17) is 0 Å². The largest absolute Gasteiger partial charge is 0.303 e. The van der Waals surface area contributed by atoms with Crippen molar-refractivity contribution in [2.24, 2.45) is 23.7 Å². The number of fused-ring (bicyclic) bond motifs is 7. The lowest BCUT2D eigenvalue weighted by Gasteiger charge is -2.46.